The number of furan rings is 1. The molecule has 92 valence electrons. The third-order valence-electron chi connectivity index (χ3n) is 2.28. The summed E-state index contributed by atoms with van der Waals surface area (Å²) in [6, 6.07) is 3.67. The van der Waals surface area contributed by atoms with Crippen molar-refractivity contribution in [3.05, 3.63) is 23.7 Å². The summed E-state index contributed by atoms with van der Waals surface area (Å²) in [5.74, 6) is 1.32. The highest BCUT2D eigenvalue weighted by Gasteiger charge is 2.08. The fourth-order valence-corrected chi connectivity index (χ4v) is 1.45. The zero-order valence-electron chi connectivity index (χ0n) is 9.48. The van der Waals surface area contributed by atoms with E-state index in [-0.39, 0.29) is 19.3 Å². The topological polar surface area (TPSA) is 74.9 Å². The summed E-state index contributed by atoms with van der Waals surface area (Å²) in [6.45, 7) is 1.15. The van der Waals surface area contributed by atoms with Crippen LogP contribution in [0.1, 0.15) is 17.9 Å². The molecule has 0 amide bonds. The number of ether oxygens (including phenoxy) is 1. The monoisotopic (exact) mass is 229 g/mol. The molecule has 0 aliphatic rings. The summed E-state index contributed by atoms with van der Waals surface area (Å²) in [5, 5.41) is 20.9. The van der Waals surface area contributed by atoms with Crippen molar-refractivity contribution in [1.29, 1.82) is 0 Å². The van der Waals surface area contributed by atoms with E-state index in [1.54, 1.807) is 13.2 Å². The molecule has 1 unspecified atom stereocenters. The first-order valence-corrected chi connectivity index (χ1v) is 5.31. The van der Waals surface area contributed by atoms with Gasteiger partial charge in [-0.05, 0) is 18.6 Å². The lowest BCUT2D eigenvalue weighted by atomic mass is 10.2. The molecule has 1 heterocycles. The fraction of sp³-hybridized carbons (Fsp3) is 0.636. The van der Waals surface area contributed by atoms with Crippen LogP contribution in [0.5, 0.6) is 0 Å². The van der Waals surface area contributed by atoms with Gasteiger partial charge in [0.15, 0.2) is 0 Å². The SMILES string of the molecule is COCC(CCO)NCc1ccc(CO)o1. The van der Waals surface area contributed by atoms with Crippen LogP contribution in [0.25, 0.3) is 0 Å². The van der Waals surface area contributed by atoms with Crippen LogP contribution in [-0.4, -0.2) is 36.6 Å². The Bertz CT molecular complexity index is 281. The Morgan fingerprint density at radius 2 is 2.12 bits per heavy atom. The molecule has 0 radical (unpaired) electrons. The Kier molecular flexibility index (Phi) is 6.10. The Morgan fingerprint density at radius 3 is 2.69 bits per heavy atom. The second-order valence-corrected chi connectivity index (χ2v) is 3.57. The van der Waals surface area contributed by atoms with Crippen LogP contribution >= 0.6 is 0 Å². The van der Waals surface area contributed by atoms with Gasteiger partial charge >= 0.3 is 0 Å². The lowest BCUT2D eigenvalue weighted by Gasteiger charge is -2.15. The maximum absolute atomic E-state index is 8.85. The number of rotatable bonds is 8. The summed E-state index contributed by atoms with van der Waals surface area (Å²) in [6.07, 6.45) is 0.640. The zero-order valence-corrected chi connectivity index (χ0v) is 9.48. The average molecular weight is 229 g/mol. The van der Waals surface area contributed by atoms with E-state index in [0.717, 1.165) is 5.76 Å². The first kappa shape index (κ1) is 13.2. The van der Waals surface area contributed by atoms with Crippen molar-refractivity contribution in [2.75, 3.05) is 20.3 Å². The van der Waals surface area contributed by atoms with Crippen LogP contribution in [0, 0.1) is 0 Å². The second kappa shape index (κ2) is 7.40. The number of hydrogen-bond acceptors (Lipinski definition) is 5. The van der Waals surface area contributed by atoms with Crippen molar-refractivity contribution in [2.24, 2.45) is 0 Å². The lowest BCUT2D eigenvalue weighted by Crippen LogP contribution is -2.33. The normalized spacial score (nSPS) is 12.9. The summed E-state index contributed by atoms with van der Waals surface area (Å²) >= 11 is 0. The quantitative estimate of drug-likeness (QED) is 0.596. The maximum Gasteiger partial charge on any atom is 0.129 e. The second-order valence-electron chi connectivity index (χ2n) is 3.57. The van der Waals surface area contributed by atoms with Crippen LogP contribution in [0.4, 0.5) is 0 Å². The van der Waals surface area contributed by atoms with E-state index in [0.29, 0.717) is 25.3 Å². The van der Waals surface area contributed by atoms with Crippen molar-refractivity contribution >= 4 is 0 Å². The third kappa shape index (κ3) is 4.32. The van der Waals surface area contributed by atoms with Gasteiger partial charge in [-0.25, -0.2) is 0 Å². The van der Waals surface area contributed by atoms with E-state index in [4.69, 9.17) is 19.4 Å². The first-order chi connectivity index (χ1) is 7.80. The third-order valence-corrected chi connectivity index (χ3v) is 2.28. The van der Waals surface area contributed by atoms with Crippen molar-refractivity contribution in [3.63, 3.8) is 0 Å². The molecule has 1 aromatic heterocycles. The number of aliphatic hydroxyl groups excluding tert-OH is 2. The Labute approximate surface area is 95.0 Å². The predicted octanol–water partition coefficient (Wildman–Crippen LogP) is 0.259. The maximum atomic E-state index is 8.85. The van der Waals surface area contributed by atoms with Crippen molar-refractivity contribution < 1.29 is 19.4 Å². The zero-order chi connectivity index (χ0) is 11.8. The van der Waals surface area contributed by atoms with Gasteiger partial charge in [-0.1, -0.05) is 0 Å². The van der Waals surface area contributed by atoms with E-state index >= 15 is 0 Å². The van der Waals surface area contributed by atoms with Crippen LogP contribution in [-0.2, 0) is 17.9 Å². The molecule has 1 aromatic rings. The lowest BCUT2D eigenvalue weighted by molar-refractivity contribution is 0.146. The summed E-state index contributed by atoms with van der Waals surface area (Å²) in [4.78, 5) is 0. The molecule has 5 nitrogen and oxygen atoms in total. The molecule has 0 aromatic carbocycles. The number of hydrogen-bond donors (Lipinski definition) is 3. The first-order valence-electron chi connectivity index (χ1n) is 5.31. The van der Waals surface area contributed by atoms with Gasteiger partial charge < -0.3 is 24.7 Å². The van der Waals surface area contributed by atoms with E-state index in [1.807, 2.05) is 6.07 Å². The Morgan fingerprint density at radius 1 is 1.38 bits per heavy atom. The Hall–Kier alpha value is -0.880. The highest BCUT2D eigenvalue weighted by atomic mass is 16.5. The summed E-state index contributed by atoms with van der Waals surface area (Å²) in [5.41, 5.74) is 0. The van der Waals surface area contributed by atoms with Gasteiger partial charge in [0.2, 0.25) is 0 Å². The van der Waals surface area contributed by atoms with Crippen LogP contribution in [0.2, 0.25) is 0 Å². The molecule has 0 saturated carbocycles. The summed E-state index contributed by atoms with van der Waals surface area (Å²) < 4.78 is 10.4. The highest BCUT2D eigenvalue weighted by Crippen LogP contribution is 2.07. The van der Waals surface area contributed by atoms with Gasteiger partial charge in [0.25, 0.3) is 0 Å². The molecule has 16 heavy (non-hydrogen) atoms. The molecule has 5 heteroatoms. The van der Waals surface area contributed by atoms with Gasteiger partial charge in [-0.2, -0.15) is 0 Å². The van der Waals surface area contributed by atoms with Crippen LogP contribution in [0.3, 0.4) is 0 Å². The molecule has 0 bridgehead atoms. The van der Waals surface area contributed by atoms with E-state index in [9.17, 15) is 0 Å². The van der Waals surface area contributed by atoms with Crippen molar-refractivity contribution in [3.8, 4) is 0 Å². The van der Waals surface area contributed by atoms with E-state index in [2.05, 4.69) is 5.32 Å². The average Bonchev–Trinajstić information content (AvgIpc) is 2.74. The van der Waals surface area contributed by atoms with Gasteiger partial charge in [0.05, 0.1) is 13.2 Å². The number of nitrogens with one attached hydrogen (secondary N) is 1. The largest absolute Gasteiger partial charge is 0.462 e. The van der Waals surface area contributed by atoms with Gasteiger partial charge in [0, 0.05) is 19.8 Å². The number of methoxy groups -OCH3 is 1. The van der Waals surface area contributed by atoms with Gasteiger partial charge in [0.1, 0.15) is 18.1 Å². The molecule has 1 atom stereocenters. The standard InChI is InChI=1S/C11H19NO4/c1-15-8-9(4-5-13)12-6-10-2-3-11(7-14)16-10/h2-3,9,12-14H,4-8H2,1H3. The minimum Gasteiger partial charge on any atom is -0.462 e. The molecule has 0 aliphatic heterocycles. The molecular formula is C11H19NO4. The van der Waals surface area contributed by atoms with E-state index < -0.39 is 0 Å². The molecule has 0 aliphatic carbocycles. The Balaban J connectivity index is 2.35. The summed E-state index contributed by atoms with van der Waals surface area (Å²) in [7, 11) is 1.63. The molecular weight excluding hydrogens is 210 g/mol. The number of aliphatic hydroxyl groups is 2. The van der Waals surface area contributed by atoms with Crippen molar-refractivity contribution in [1.82, 2.24) is 5.32 Å². The molecule has 0 fully saturated rings. The molecule has 0 saturated heterocycles. The smallest absolute Gasteiger partial charge is 0.129 e. The van der Waals surface area contributed by atoms with Crippen molar-refractivity contribution in [2.45, 2.75) is 25.6 Å². The van der Waals surface area contributed by atoms with E-state index in [1.165, 1.54) is 0 Å². The van der Waals surface area contributed by atoms with Crippen LogP contribution in [0.15, 0.2) is 16.5 Å². The predicted molar refractivity (Wildman–Crippen MR) is 58.8 cm³/mol. The minimum atomic E-state index is -0.0852. The fourth-order valence-electron chi connectivity index (χ4n) is 1.45. The highest BCUT2D eigenvalue weighted by molar-refractivity contribution is 5.06. The van der Waals surface area contributed by atoms with Gasteiger partial charge in [-0.15, -0.1) is 0 Å². The molecule has 3 N–H and O–H groups in total. The van der Waals surface area contributed by atoms with Gasteiger partial charge in [-0.3, -0.25) is 0 Å². The minimum absolute atomic E-state index is 0.0852. The molecule has 1 rings (SSSR count). The van der Waals surface area contributed by atoms with Crippen LogP contribution < -0.4 is 5.32 Å². The molecule has 0 spiro atoms.